The summed E-state index contributed by atoms with van der Waals surface area (Å²) < 4.78 is 47.8. The molecule has 0 aromatic carbocycles. The fourth-order valence-corrected chi connectivity index (χ4v) is 6.67. The van der Waals surface area contributed by atoms with Crippen LogP contribution in [0.4, 0.5) is 19.0 Å². The van der Waals surface area contributed by atoms with E-state index in [-0.39, 0.29) is 22.8 Å². The maximum absolute atomic E-state index is 14.1. The van der Waals surface area contributed by atoms with Crippen LogP contribution >= 0.6 is 0 Å². The van der Waals surface area contributed by atoms with E-state index < -0.39 is 17.6 Å². The van der Waals surface area contributed by atoms with E-state index in [0.717, 1.165) is 97.1 Å². The van der Waals surface area contributed by atoms with E-state index >= 15 is 0 Å². The summed E-state index contributed by atoms with van der Waals surface area (Å²) in [6, 6.07) is 4.07. The lowest BCUT2D eigenvalue weighted by molar-refractivity contribution is -0.139. The standard InChI is InChI=1S/C30H41F3N6O2/c31-30(32,33)23-19-26(39-11-3-1-2-4-12-39)35-24-5-6-25(36-27(23)24)28(40)34-22-7-13-37(14-8-22)17-18-38-15-9-29(10-16-38)20-41-21-29/h5-6,19,22H,1-4,7-18,20-21H2,(H,34,40). The van der Waals surface area contributed by atoms with Gasteiger partial charge in [0, 0.05) is 50.7 Å². The molecule has 0 radical (unpaired) electrons. The van der Waals surface area contributed by atoms with Gasteiger partial charge in [0.15, 0.2) is 0 Å². The van der Waals surface area contributed by atoms with E-state index in [1.807, 2.05) is 4.90 Å². The second-order valence-electron chi connectivity index (χ2n) is 12.4. The molecule has 0 aliphatic carbocycles. The minimum atomic E-state index is -4.60. The second-order valence-corrected chi connectivity index (χ2v) is 12.4. The van der Waals surface area contributed by atoms with Crippen molar-refractivity contribution in [3.05, 3.63) is 29.5 Å². The number of rotatable bonds is 6. The number of halogens is 3. The van der Waals surface area contributed by atoms with Crippen molar-refractivity contribution in [1.29, 1.82) is 0 Å². The number of alkyl halides is 3. The van der Waals surface area contributed by atoms with Crippen LogP contribution in [0.1, 0.15) is 67.4 Å². The predicted octanol–water partition coefficient (Wildman–Crippen LogP) is 4.34. The molecule has 0 saturated carbocycles. The van der Waals surface area contributed by atoms with Crippen LogP contribution in [-0.4, -0.2) is 97.3 Å². The molecule has 1 amide bonds. The molecule has 1 N–H and O–H groups in total. The van der Waals surface area contributed by atoms with E-state index in [1.54, 1.807) is 0 Å². The van der Waals surface area contributed by atoms with Crippen LogP contribution in [0.3, 0.4) is 0 Å². The quantitative estimate of drug-likeness (QED) is 0.551. The second kappa shape index (κ2) is 12.0. The molecule has 224 valence electrons. The van der Waals surface area contributed by atoms with Gasteiger partial charge < -0.3 is 24.8 Å². The van der Waals surface area contributed by atoms with Gasteiger partial charge in [-0.15, -0.1) is 0 Å². The van der Waals surface area contributed by atoms with Crippen molar-refractivity contribution in [3.63, 3.8) is 0 Å². The number of hydrogen-bond donors (Lipinski definition) is 1. The van der Waals surface area contributed by atoms with Gasteiger partial charge >= 0.3 is 6.18 Å². The molecule has 2 aromatic rings. The molecular formula is C30H41F3N6O2. The lowest BCUT2D eigenvalue weighted by Crippen LogP contribution is -2.52. The van der Waals surface area contributed by atoms with Gasteiger partial charge in [-0.1, -0.05) is 12.8 Å². The first-order valence-corrected chi connectivity index (χ1v) is 15.3. The number of hydrogen-bond acceptors (Lipinski definition) is 7. The summed E-state index contributed by atoms with van der Waals surface area (Å²) in [5.74, 6) is -0.105. The van der Waals surface area contributed by atoms with Gasteiger partial charge in [-0.05, 0) is 69.8 Å². The number of nitrogens with one attached hydrogen (secondary N) is 1. The van der Waals surface area contributed by atoms with Gasteiger partial charge in [0.1, 0.15) is 17.0 Å². The Bertz CT molecular complexity index is 1210. The van der Waals surface area contributed by atoms with E-state index in [9.17, 15) is 18.0 Å². The van der Waals surface area contributed by atoms with E-state index in [0.29, 0.717) is 24.3 Å². The number of pyridine rings is 2. The molecule has 4 saturated heterocycles. The number of carbonyl (C=O) groups is 1. The minimum Gasteiger partial charge on any atom is -0.380 e. The molecule has 4 fully saturated rings. The van der Waals surface area contributed by atoms with Crippen LogP contribution in [0, 0.1) is 5.41 Å². The summed E-state index contributed by atoms with van der Waals surface area (Å²) >= 11 is 0. The maximum atomic E-state index is 14.1. The zero-order valence-corrected chi connectivity index (χ0v) is 23.7. The van der Waals surface area contributed by atoms with Crippen LogP contribution in [-0.2, 0) is 10.9 Å². The molecule has 2 aromatic heterocycles. The van der Waals surface area contributed by atoms with Crippen molar-refractivity contribution in [2.75, 3.05) is 70.5 Å². The number of aromatic nitrogens is 2. The van der Waals surface area contributed by atoms with Gasteiger partial charge in [0.05, 0.1) is 24.3 Å². The average molecular weight is 575 g/mol. The summed E-state index contributed by atoms with van der Waals surface area (Å²) in [6.07, 6.45) is 3.50. The predicted molar refractivity (Wildman–Crippen MR) is 151 cm³/mol. The van der Waals surface area contributed by atoms with Crippen molar-refractivity contribution in [2.24, 2.45) is 5.41 Å². The summed E-state index contributed by atoms with van der Waals surface area (Å²) in [5.41, 5.74) is -0.502. The van der Waals surface area contributed by atoms with Gasteiger partial charge in [0.25, 0.3) is 5.91 Å². The Balaban J connectivity index is 1.05. The topological polar surface area (TPSA) is 73.8 Å². The average Bonchev–Trinajstić information content (AvgIpc) is 3.25. The third kappa shape index (κ3) is 6.62. The first kappa shape index (κ1) is 28.6. The number of carbonyl (C=O) groups excluding carboxylic acids is 1. The Morgan fingerprint density at radius 3 is 2.20 bits per heavy atom. The van der Waals surface area contributed by atoms with Gasteiger partial charge in [-0.25, -0.2) is 9.97 Å². The largest absolute Gasteiger partial charge is 0.418 e. The number of amides is 1. The molecule has 0 unspecified atom stereocenters. The molecule has 6 rings (SSSR count). The summed E-state index contributed by atoms with van der Waals surface area (Å²) in [7, 11) is 0. The van der Waals surface area contributed by atoms with Crippen molar-refractivity contribution < 1.29 is 22.7 Å². The Labute approximate surface area is 239 Å². The third-order valence-electron chi connectivity index (χ3n) is 9.49. The van der Waals surface area contributed by atoms with Gasteiger partial charge in [-0.3, -0.25) is 4.79 Å². The molecule has 6 heterocycles. The van der Waals surface area contributed by atoms with Crippen LogP contribution in [0.5, 0.6) is 0 Å². The lowest BCUT2D eigenvalue weighted by atomic mass is 9.77. The fourth-order valence-electron chi connectivity index (χ4n) is 6.67. The van der Waals surface area contributed by atoms with Crippen molar-refractivity contribution in [1.82, 2.24) is 25.1 Å². The minimum absolute atomic E-state index is 0.00511. The SMILES string of the molecule is O=C(NC1CCN(CCN2CCC3(CC2)COC3)CC1)c1ccc2nc(N3CCCCCC3)cc(C(F)(F)F)c2n1. The summed E-state index contributed by atoms with van der Waals surface area (Å²) in [6.45, 7) is 9.37. The zero-order chi connectivity index (χ0) is 28.5. The number of fused-ring (bicyclic) bond motifs is 1. The third-order valence-corrected chi connectivity index (χ3v) is 9.49. The monoisotopic (exact) mass is 574 g/mol. The lowest BCUT2D eigenvalue weighted by Gasteiger charge is -2.47. The van der Waals surface area contributed by atoms with Crippen LogP contribution < -0.4 is 10.2 Å². The normalized spacial score (nSPS) is 23.0. The number of nitrogens with zero attached hydrogens (tertiary/aromatic N) is 5. The summed E-state index contributed by atoms with van der Waals surface area (Å²) in [5, 5.41) is 3.02. The van der Waals surface area contributed by atoms with Gasteiger partial charge in [0.2, 0.25) is 0 Å². The Hall–Kier alpha value is -2.50. The van der Waals surface area contributed by atoms with E-state index in [4.69, 9.17) is 4.74 Å². The van der Waals surface area contributed by atoms with Crippen LogP contribution in [0.15, 0.2) is 18.2 Å². The molecule has 0 bridgehead atoms. The Kier molecular flexibility index (Phi) is 8.38. The fraction of sp³-hybridized carbons (Fsp3) is 0.700. The van der Waals surface area contributed by atoms with Crippen LogP contribution in [0.2, 0.25) is 0 Å². The molecular weight excluding hydrogens is 533 g/mol. The molecule has 41 heavy (non-hydrogen) atoms. The highest BCUT2D eigenvalue weighted by Crippen LogP contribution is 2.38. The Morgan fingerprint density at radius 1 is 0.927 bits per heavy atom. The number of likely N-dealkylation sites (tertiary alicyclic amines) is 2. The molecule has 4 aliphatic heterocycles. The van der Waals surface area contributed by atoms with Crippen LogP contribution in [0.25, 0.3) is 11.0 Å². The number of ether oxygens (including phenoxy) is 1. The smallest absolute Gasteiger partial charge is 0.380 e. The Morgan fingerprint density at radius 2 is 1.59 bits per heavy atom. The molecule has 1 spiro atoms. The molecule has 8 nitrogen and oxygen atoms in total. The van der Waals surface area contributed by atoms with Crippen molar-refractivity contribution in [2.45, 2.75) is 63.6 Å². The summed E-state index contributed by atoms with van der Waals surface area (Å²) in [4.78, 5) is 28.7. The van der Waals surface area contributed by atoms with E-state index in [1.165, 1.54) is 25.0 Å². The molecule has 11 heteroatoms. The zero-order valence-electron chi connectivity index (χ0n) is 23.7. The van der Waals surface area contributed by atoms with Crippen molar-refractivity contribution >= 4 is 22.8 Å². The van der Waals surface area contributed by atoms with Crippen molar-refractivity contribution in [3.8, 4) is 0 Å². The highest BCUT2D eigenvalue weighted by Gasteiger charge is 2.41. The first-order chi connectivity index (χ1) is 19.8. The number of anilines is 1. The maximum Gasteiger partial charge on any atom is 0.418 e. The van der Waals surface area contributed by atoms with E-state index in [2.05, 4.69) is 25.1 Å². The molecule has 0 atom stereocenters. The van der Waals surface area contributed by atoms with Gasteiger partial charge in [-0.2, -0.15) is 13.2 Å². The highest BCUT2D eigenvalue weighted by atomic mass is 19.4. The molecule has 4 aliphatic rings. The number of piperidine rings is 2. The highest BCUT2D eigenvalue weighted by molar-refractivity contribution is 5.95. The first-order valence-electron chi connectivity index (χ1n) is 15.3.